The van der Waals surface area contributed by atoms with E-state index in [1.165, 1.54) is 18.2 Å². The van der Waals surface area contributed by atoms with Gasteiger partial charge in [0, 0.05) is 62.2 Å². The Morgan fingerprint density at radius 3 is 1.53 bits per heavy atom. The average molecular weight is 434 g/mol. The quantitative estimate of drug-likeness (QED) is 0.371. The van der Waals surface area contributed by atoms with Gasteiger partial charge in [-0.1, -0.05) is 36.4 Å². The summed E-state index contributed by atoms with van der Waals surface area (Å²) in [7, 11) is 7.70. The largest absolute Gasteiger partial charge is 0.378 e. The molecule has 8 heteroatoms. The van der Waals surface area contributed by atoms with E-state index in [9.17, 15) is 20.2 Å². The Hall–Kier alpha value is -3.94. The monoisotopic (exact) mass is 434 g/mol. The van der Waals surface area contributed by atoms with E-state index in [0.717, 1.165) is 22.5 Å². The van der Waals surface area contributed by atoms with Crippen LogP contribution >= 0.6 is 0 Å². The van der Waals surface area contributed by atoms with Crippen LogP contribution < -0.4 is 9.80 Å². The van der Waals surface area contributed by atoms with Crippen molar-refractivity contribution < 1.29 is 9.85 Å². The summed E-state index contributed by atoms with van der Waals surface area (Å²) in [4.78, 5) is 26.6. The first kappa shape index (κ1) is 22.7. The van der Waals surface area contributed by atoms with Crippen molar-refractivity contribution >= 4 is 17.1 Å². The predicted molar refractivity (Wildman–Crippen MR) is 126 cm³/mol. The smallest absolute Gasteiger partial charge is 0.269 e. The van der Waals surface area contributed by atoms with Gasteiger partial charge in [-0.25, -0.2) is 0 Å². The summed E-state index contributed by atoms with van der Waals surface area (Å²) in [6.07, 6.45) is 0. The maximum absolute atomic E-state index is 12.3. The molecule has 1 unspecified atom stereocenters. The molecule has 0 fully saturated rings. The van der Waals surface area contributed by atoms with Crippen LogP contribution in [-0.4, -0.2) is 38.0 Å². The Morgan fingerprint density at radius 2 is 1.16 bits per heavy atom. The van der Waals surface area contributed by atoms with Crippen molar-refractivity contribution in [1.82, 2.24) is 0 Å². The summed E-state index contributed by atoms with van der Waals surface area (Å²) < 4.78 is 0. The molecule has 8 nitrogen and oxygen atoms in total. The maximum Gasteiger partial charge on any atom is 0.269 e. The first-order chi connectivity index (χ1) is 15.2. The first-order valence-electron chi connectivity index (χ1n) is 10.1. The number of hydrogen-bond donors (Lipinski definition) is 0. The van der Waals surface area contributed by atoms with Crippen molar-refractivity contribution in [2.45, 2.75) is 12.0 Å². The highest BCUT2D eigenvalue weighted by Gasteiger charge is 2.36. The van der Waals surface area contributed by atoms with Crippen LogP contribution in [0.25, 0.3) is 0 Å². The van der Waals surface area contributed by atoms with E-state index in [-0.39, 0.29) is 10.6 Å². The highest BCUT2D eigenvalue weighted by molar-refractivity contribution is 5.51. The standard InChI is InChI=1S/C24H26N4O4/c1-25(2)20-12-8-17(9-13-20)23(18-10-14-21(15-11-18)26(3)4)24(28(31)32)19-6-5-7-22(16-19)27(29)30/h5-16,23-24H,1-4H3. The van der Waals surface area contributed by atoms with Gasteiger partial charge in [0.25, 0.3) is 5.69 Å². The molecule has 3 rings (SSSR count). The summed E-state index contributed by atoms with van der Waals surface area (Å²) in [5, 5.41) is 23.6. The van der Waals surface area contributed by atoms with Gasteiger partial charge in [-0.15, -0.1) is 0 Å². The molecule has 166 valence electrons. The van der Waals surface area contributed by atoms with Gasteiger partial charge in [0.1, 0.15) is 0 Å². The Labute approximate surface area is 187 Å². The zero-order chi connectivity index (χ0) is 23.4. The number of rotatable bonds is 8. The molecule has 0 aliphatic rings. The molecule has 0 heterocycles. The third kappa shape index (κ3) is 4.85. The molecule has 1 atom stereocenters. The molecule has 0 spiro atoms. The lowest BCUT2D eigenvalue weighted by molar-refractivity contribution is -0.531. The van der Waals surface area contributed by atoms with E-state index in [2.05, 4.69) is 0 Å². The van der Waals surface area contributed by atoms with Gasteiger partial charge >= 0.3 is 0 Å². The molecular weight excluding hydrogens is 408 g/mol. The molecule has 0 saturated carbocycles. The molecule has 0 bridgehead atoms. The van der Waals surface area contributed by atoms with E-state index in [1.807, 2.05) is 86.5 Å². The molecule has 0 saturated heterocycles. The highest BCUT2D eigenvalue weighted by atomic mass is 16.6. The third-order valence-electron chi connectivity index (χ3n) is 5.50. The number of nitro benzene ring substituents is 1. The second-order valence-corrected chi connectivity index (χ2v) is 8.03. The molecule has 0 N–H and O–H groups in total. The summed E-state index contributed by atoms with van der Waals surface area (Å²) in [5.74, 6) is -0.626. The molecule has 32 heavy (non-hydrogen) atoms. The van der Waals surface area contributed by atoms with Crippen LogP contribution in [0.5, 0.6) is 0 Å². The number of benzene rings is 3. The van der Waals surface area contributed by atoms with Crippen LogP contribution in [0.15, 0.2) is 72.8 Å². The molecule has 0 aliphatic carbocycles. The second-order valence-electron chi connectivity index (χ2n) is 8.03. The van der Waals surface area contributed by atoms with Crippen LogP contribution in [0, 0.1) is 20.2 Å². The van der Waals surface area contributed by atoms with Crippen molar-refractivity contribution in [1.29, 1.82) is 0 Å². The number of hydrogen-bond acceptors (Lipinski definition) is 6. The van der Waals surface area contributed by atoms with E-state index >= 15 is 0 Å². The maximum atomic E-state index is 12.3. The van der Waals surface area contributed by atoms with Crippen LogP contribution in [0.1, 0.15) is 28.7 Å². The summed E-state index contributed by atoms with van der Waals surface area (Å²) in [5.41, 5.74) is 3.61. The van der Waals surface area contributed by atoms with E-state index < -0.39 is 16.9 Å². The molecule has 3 aromatic carbocycles. The van der Waals surface area contributed by atoms with Crippen LogP contribution in [0.4, 0.5) is 17.1 Å². The van der Waals surface area contributed by atoms with Gasteiger partial charge in [-0.2, -0.15) is 0 Å². The molecule has 0 amide bonds. The number of nitro groups is 2. The Kier molecular flexibility index (Phi) is 6.73. The third-order valence-corrected chi connectivity index (χ3v) is 5.50. The lowest BCUT2D eigenvalue weighted by Crippen LogP contribution is -2.21. The minimum Gasteiger partial charge on any atom is -0.378 e. The number of non-ortho nitro benzene ring substituents is 1. The second kappa shape index (κ2) is 9.47. The zero-order valence-corrected chi connectivity index (χ0v) is 18.5. The van der Waals surface area contributed by atoms with Crippen molar-refractivity contribution in [3.63, 3.8) is 0 Å². The molecule has 0 radical (unpaired) electrons. The fourth-order valence-corrected chi connectivity index (χ4v) is 3.77. The van der Waals surface area contributed by atoms with Crippen molar-refractivity contribution in [2.24, 2.45) is 0 Å². The number of anilines is 2. The summed E-state index contributed by atoms with van der Waals surface area (Å²) in [6, 6.07) is 19.7. The zero-order valence-electron chi connectivity index (χ0n) is 18.5. The molecular formula is C24H26N4O4. The van der Waals surface area contributed by atoms with E-state index in [1.54, 1.807) is 6.07 Å². The number of nitrogens with zero attached hydrogens (tertiary/aromatic N) is 4. The fourth-order valence-electron chi connectivity index (χ4n) is 3.77. The Bertz CT molecular complexity index is 1040. The van der Waals surface area contributed by atoms with Crippen molar-refractivity contribution in [3.8, 4) is 0 Å². The fraction of sp³-hybridized carbons (Fsp3) is 0.250. The topological polar surface area (TPSA) is 92.8 Å². The lowest BCUT2D eigenvalue weighted by atomic mass is 9.82. The minimum absolute atomic E-state index is 0.168. The van der Waals surface area contributed by atoms with Gasteiger partial charge in [-0.3, -0.25) is 20.2 Å². The Balaban J connectivity index is 2.17. The van der Waals surface area contributed by atoms with Crippen molar-refractivity contribution in [3.05, 3.63) is 110 Å². The van der Waals surface area contributed by atoms with Gasteiger partial charge in [0.15, 0.2) is 0 Å². The average Bonchev–Trinajstić information content (AvgIpc) is 2.77. The molecule has 0 aromatic heterocycles. The Morgan fingerprint density at radius 1 is 0.688 bits per heavy atom. The summed E-state index contributed by atoms with van der Waals surface area (Å²) in [6.45, 7) is 0. The van der Waals surface area contributed by atoms with Crippen LogP contribution in [-0.2, 0) is 0 Å². The normalized spacial score (nSPS) is 11.8. The van der Waals surface area contributed by atoms with Gasteiger partial charge in [-0.05, 0) is 35.4 Å². The van der Waals surface area contributed by atoms with E-state index in [0.29, 0.717) is 5.56 Å². The lowest BCUT2D eigenvalue weighted by Gasteiger charge is -2.24. The van der Waals surface area contributed by atoms with Gasteiger partial charge < -0.3 is 9.80 Å². The summed E-state index contributed by atoms with van der Waals surface area (Å²) >= 11 is 0. The minimum atomic E-state index is -1.19. The first-order valence-corrected chi connectivity index (χ1v) is 10.1. The highest BCUT2D eigenvalue weighted by Crippen LogP contribution is 2.40. The molecule has 0 aliphatic heterocycles. The van der Waals surface area contributed by atoms with Crippen LogP contribution in [0.3, 0.4) is 0 Å². The van der Waals surface area contributed by atoms with Crippen molar-refractivity contribution in [2.75, 3.05) is 38.0 Å². The van der Waals surface area contributed by atoms with E-state index in [4.69, 9.17) is 0 Å². The van der Waals surface area contributed by atoms with Crippen LogP contribution in [0.2, 0.25) is 0 Å². The SMILES string of the molecule is CN(C)c1ccc(C(c2ccc(N(C)C)cc2)C(c2cccc([N+](=O)[O-])c2)[N+](=O)[O-])cc1. The van der Waals surface area contributed by atoms with Gasteiger partial charge in [0.05, 0.1) is 10.8 Å². The molecule has 3 aromatic rings. The predicted octanol–water partition coefficient (Wildman–Crippen LogP) is 4.88. The van der Waals surface area contributed by atoms with Gasteiger partial charge in [0.2, 0.25) is 6.04 Å².